The number of nitrogens with zero attached hydrogens (tertiary/aromatic N) is 1. The number of halogens is 4. The molecular weight excluding hydrogens is 615 g/mol. The van der Waals surface area contributed by atoms with Crippen molar-refractivity contribution < 1.29 is 56.2 Å². The number of nitrogens with one attached hydrogen (secondary N) is 2. The molecule has 1 heterocycles. The molecule has 12 nitrogen and oxygen atoms in total. The van der Waals surface area contributed by atoms with Gasteiger partial charge in [0.1, 0.15) is 12.1 Å². The first-order chi connectivity index (χ1) is 20.4. The van der Waals surface area contributed by atoms with Crippen molar-refractivity contribution in [2.75, 3.05) is 0 Å². The van der Waals surface area contributed by atoms with Crippen molar-refractivity contribution in [3.8, 4) is 0 Å². The Hall–Kier alpha value is -4.66. The number of aliphatic carboxylic acids is 1. The number of hydrogen-bond acceptors (Lipinski definition) is 6. The van der Waals surface area contributed by atoms with Crippen molar-refractivity contribution in [3.05, 3.63) is 101 Å². The van der Waals surface area contributed by atoms with Crippen LogP contribution < -0.4 is 16.4 Å². The minimum absolute atomic E-state index is 0.0559. The summed E-state index contributed by atoms with van der Waals surface area (Å²) in [5, 5.41) is 13.5. The lowest BCUT2D eigenvalue weighted by Gasteiger charge is -2.23. The number of carbonyl (C=O) groups is 4. The molecule has 2 unspecified atom stereocenters. The lowest BCUT2D eigenvalue weighted by Crippen LogP contribution is -2.54. The predicted octanol–water partition coefficient (Wildman–Crippen LogP) is 2.04. The molecule has 0 spiro atoms. The molecule has 0 aliphatic heterocycles. The zero-order chi connectivity index (χ0) is 32.9. The van der Waals surface area contributed by atoms with E-state index in [2.05, 4.69) is 15.6 Å². The van der Waals surface area contributed by atoms with Gasteiger partial charge in [-0.05, 0) is 23.3 Å². The van der Waals surface area contributed by atoms with Gasteiger partial charge < -0.3 is 31.3 Å². The van der Waals surface area contributed by atoms with E-state index in [0.29, 0.717) is 0 Å². The molecule has 7 N–H and O–H groups in total. The monoisotopic (exact) mass is 640 g/mol. The van der Waals surface area contributed by atoms with Crippen LogP contribution in [0.3, 0.4) is 0 Å². The molecule has 1 aromatic heterocycles. The molecule has 3 rings (SSSR count). The van der Waals surface area contributed by atoms with Gasteiger partial charge in [-0.1, -0.05) is 48.5 Å². The summed E-state index contributed by atoms with van der Waals surface area (Å²) in [4.78, 5) is 70.8. The van der Waals surface area contributed by atoms with Gasteiger partial charge in [0, 0.05) is 36.4 Å². The molecule has 2 aromatic carbocycles. The highest BCUT2D eigenvalue weighted by Crippen LogP contribution is 2.59. The highest BCUT2D eigenvalue weighted by atomic mass is 31.2. The maximum atomic E-state index is 14.0. The van der Waals surface area contributed by atoms with Gasteiger partial charge in [-0.2, -0.15) is 17.6 Å². The van der Waals surface area contributed by atoms with E-state index in [1.165, 1.54) is 24.5 Å². The summed E-state index contributed by atoms with van der Waals surface area (Å²) in [6.07, 6.45) is 1.95. The maximum absolute atomic E-state index is 14.0. The molecule has 2 atom stereocenters. The fourth-order valence-corrected chi connectivity index (χ4v) is 4.38. The summed E-state index contributed by atoms with van der Waals surface area (Å²) in [6, 6.07) is 7.48. The van der Waals surface area contributed by atoms with Crippen LogP contribution in [0.25, 0.3) is 0 Å². The molecule has 0 aliphatic carbocycles. The lowest BCUT2D eigenvalue weighted by atomic mass is 9.99. The molecule has 0 fully saturated rings. The third kappa shape index (κ3) is 8.03. The third-order valence-electron chi connectivity index (χ3n) is 6.34. The normalized spacial score (nSPS) is 13.4. The Morgan fingerprint density at radius 1 is 0.841 bits per heavy atom. The number of primary amides is 1. The summed E-state index contributed by atoms with van der Waals surface area (Å²) < 4.78 is 66.8. The van der Waals surface area contributed by atoms with Crippen molar-refractivity contribution >= 4 is 31.3 Å². The number of alkyl halides is 4. The van der Waals surface area contributed by atoms with Crippen molar-refractivity contribution in [1.82, 2.24) is 15.6 Å². The molecule has 17 heteroatoms. The Bertz CT molecular complexity index is 1570. The quantitative estimate of drug-likeness (QED) is 0.119. The molecule has 0 aliphatic rings. The summed E-state index contributed by atoms with van der Waals surface area (Å²) in [6.45, 7) is 0. The maximum Gasteiger partial charge on any atom is 0.399 e. The largest absolute Gasteiger partial charge is 0.477 e. The number of benzene rings is 2. The summed E-state index contributed by atoms with van der Waals surface area (Å²) in [5.74, 6) is -9.31. The number of carboxylic acids is 1. The van der Waals surface area contributed by atoms with Gasteiger partial charge in [-0.25, -0.2) is 4.79 Å². The van der Waals surface area contributed by atoms with Gasteiger partial charge in [0.2, 0.25) is 11.8 Å². The Labute approximate surface area is 246 Å². The average Bonchev–Trinajstić information content (AvgIpc) is 2.96. The first-order valence-electron chi connectivity index (χ1n) is 12.5. The van der Waals surface area contributed by atoms with Crippen LogP contribution in [-0.4, -0.2) is 55.7 Å². The Morgan fingerprint density at radius 2 is 1.36 bits per heavy atom. The van der Waals surface area contributed by atoms with E-state index < -0.39 is 66.1 Å². The zero-order valence-electron chi connectivity index (χ0n) is 22.4. The number of aromatic nitrogens is 1. The van der Waals surface area contributed by atoms with Crippen molar-refractivity contribution in [1.29, 1.82) is 0 Å². The smallest absolute Gasteiger partial charge is 0.399 e. The predicted molar refractivity (Wildman–Crippen MR) is 144 cm³/mol. The topological polar surface area (TPSA) is 209 Å². The molecule has 44 heavy (non-hydrogen) atoms. The Kier molecular flexibility index (Phi) is 10.2. The second-order valence-electron chi connectivity index (χ2n) is 9.50. The van der Waals surface area contributed by atoms with Crippen LogP contribution in [0.1, 0.15) is 32.6 Å². The van der Waals surface area contributed by atoms with Gasteiger partial charge in [-0.15, -0.1) is 0 Å². The zero-order valence-corrected chi connectivity index (χ0v) is 23.3. The molecule has 3 aromatic rings. The van der Waals surface area contributed by atoms with Crippen LogP contribution in [0, 0.1) is 0 Å². The van der Waals surface area contributed by atoms with E-state index in [1.807, 2.05) is 0 Å². The molecule has 0 saturated heterocycles. The number of rotatable bonds is 13. The van der Waals surface area contributed by atoms with E-state index in [9.17, 15) is 41.3 Å². The van der Waals surface area contributed by atoms with Gasteiger partial charge in [0.05, 0.1) is 5.56 Å². The van der Waals surface area contributed by atoms with E-state index in [0.717, 1.165) is 48.5 Å². The second kappa shape index (κ2) is 13.3. The van der Waals surface area contributed by atoms with Crippen molar-refractivity contribution in [2.45, 2.75) is 36.5 Å². The summed E-state index contributed by atoms with van der Waals surface area (Å²) >= 11 is 0. The SMILES string of the molecule is NC(=O)C(Cc1ccc(C(F)(F)P(=O)(O)O)cc1)NC(=O)C(Cc1ccc(C(F)(F)C(=O)O)cc1)NC(=O)c1cccnc1. The number of nitrogens with two attached hydrogens (primary N) is 1. The Balaban J connectivity index is 1.83. The van der Waals surface area contributed by atoms with E-state index >= 15 is 0 Å². The Morgan fingerprint density at radius 3 is 1.82 bits per heavy atom. The molecule has 0 radical (unpaired) electrons. The molecular formula is C27H25F4N4O8P. The minimum atomic E-state index is -5.82. The number of carbonyl (C=O) groups excluding carboxylic acids is 3. The number of carboxylic acid groups (broad SMARTS) is 1. The van der Waals surface area contributed by atoms with Crippen LogP contribution in [0.15, 0.2) is 73.1 Å². The molecule has 0 bridgehead atoms. The van der Waals surface area contributed by atoms with Gasteiger partial charge in [0.15, 0.2) is 0 Å². The van der Waals surface area contributed by atoms with Gasteiger partial charge in [0.25, 0.3) is 5.91 Å². The van der Waals surface area contributed by atoms with E-state index in [-0.39, 0.29) is 29.5 Å². The van der Waals surface area contributed by atoms with Crippen LogP contribution in [0.5, 0.6) is 0 Å². The van der Waals surface area contributed by atoms with Crippen molar-refractivity contribution in [3.63, 3.8) is 0 Å². The van der Waals surface area contributed by atoms with Crippen LogP contribution >= 0.6 is 7.60 Å². The fourth-order valence-electron chi connectivity index (χ4n) is 3.90. The summed E-state index contributed by atoms with van der Waals surface area (Å²) in [7, 11) is -5.82. The fraction of sp³-hybridized carbons (Fsp3) is 0.222. The van der Waals surface area contributed by atoms with E-state index in [1.54, 1.807) is 0 Å². The van der Waals surface area contributed by atoms with Crippen LogP contribution in [0.4, 0.5) is 17.6 Å². The highest BCUT2D eigenvalue weighted by molar-refractivity contribution is 7.52. The molecule has 234 valence electrons. The van der Waals surface area contributed by atoms with Crippen LogP contribution in [-0.2, 0) is 43.4 Å². The summed E-state index contributed by atoms with van der Waals surface area (Å²) in [5.41, 5.74) is -0.408. The van der Waals surface area contributed by atoms with Gasteiger partial charge >= 0.3 is 25.2 Å². The first-order valence-corrected chi connectivity index (χ1v) is 14.1. The number of amides is 3. The average molecular weight is 640 g/mol. The van der Waals surface area contributed by atoms with Crippen molar-refractivity contribution in [2.24, 2.45) is 5.73 Å². The molecule has 0 saturated carbocycles. The minimum Gasteiger partial charge on any atom is -0.477 e. The third-order valence-corrected chi connectivity index (χ3v) is 7.33. The highest BCUT2D eigenvalue weighted by Gasteiger charge is 2.50. The second-order valence-corrected chi connectivity index (χ2v) is 11.1. The lowest BCUT2D eigenvalue weighted by molar-refractivity contribution is -0.166. The van der Waals surface area contributed by atoms with E-state index in [4.69, 9.17) is 20.6 Å². The number of pyridine rings is 1. The number of hydrogen-bond donors (Lipinski definition) is 6. The standard InChI is InChI=1S/C27H25F4N4O8P/c28-26(29,25(39)40)18-7-3-16(4-8-18)13-21(35-23(37)17-2-1-11-33-14-17)24(38)34-20(22(32)36)12-15-5-9-19(10-6-15)27(30,31)44(41,42)43/h1-11,14,20-21H,12-13H2,(H2,32,36)(H,34,38)(H,35,37)(H,39,40)(H2,41,42,43). The van der Waals surface area contributed by atoms with Crippen LogP contribution in [0.2, 0.25) is 0 Å². The first kappa shape index (κ1) is 33.8. The van der Waals surface area contributed by atoms with Gasteiger partial charge in [-0.3, -0.25) is 23.9 Å². The molecule has 3 amide bonds.